The number of hydrogen-bond acceptors (Lipinski definition) is 4. The van der Waals surface area contributed by atoms with E-state index in [0.29, 0.717) is 25.5 Å². The Morgan fingerprint density at radius 1 is 1.33 bits per heavy atom. The maximum absolute atomic E-state index is 10.1. The monoisotopic (exact) mass is 253 g/mol. The number of para-hydroxylation sites is 1. The van der Waals surface area contributed by atoms with Gasteiger partial charge in [-0.3, -0.25) is 0 Å². The van der Waals surface area contributed by atoms with Gasteiger partial charge in [-0.25, -0.2) is 0 Å². The van der Waals surface area contributed by atoms with Crippen molar-refractivity contribution in [3.05, 3.63) is 23.8 Å². The van der Waals surface area contributed by atoms with E-state index in [1.807, 2.05) is 19.1 Å². The summed E-state index contributed by atoms with van der Waals surface area (Å²) >= 11 is 0. The van der Waals surface area contributed by atoms with E-state index in [-0.39, 0.29) is 11.3 Å². The number of phenolic OH excluding ortho intramolecular Hbond substituents is 1. The molecule has 2 N–H and O–H groups in total. The fourth-order valence-corrected chi connectivity index (χ4v) is 1.73. The van der Waals surface area contributed by atoms with Crippen molar-refractivity contribution in [3.63, 3.8) is 0 Å². The molecule has 1 rings (SSSR count). The van der Waals surface area contributed by atoms with Crippen molar-refractivity contribution in [2.45, 2.75) is 32.9 Å². The number of ether oxygens (including phenoxy) is 2. The fraction of sp³-hybridized carbons (Fsp3) is 0.571. The lowest BCUT2D eigenvalue weighted by Gasteiger charge is -2.25. The molecule has 1 aromatic carbocycles. The average Bonchev–Trinajstić information content (AvgIpc) is 2.30. The third-order valence-corrected chi connectivity index (χ3v) is 2.64. The molecule has 0 fully saturated rings. The summed E-state index contributed by atoms with van der Waals surface area (Å²) in [6.07, 6.45) is 0. The largest absolute Gasteiger partial charge is 0.504 e. The highest BCUT2D eigenvalue weighted by atomic mass is 16.5. The highest BCUT2D eigenvalue weighted by Gasteiger charge is 2.17. The number of rotatable bonds is 7. The van der Waals surface area contributed by atoms with Crippen molar-refractivity contribution in [2.24, 2.45) is 0 Å². The molecule has 0 aromatic heterocycles. The molecule has 0 spiro atoms. The van der Waals surface area contributed by atoms with Crippen LogP contribution in [0.4, 0.5) is 0 Å². The van der Waals surface area contributed by atoms with Crippen molar-refractivity contribution in [2.75, 3.05) is 20.3 Å². The quantitative estimate of drug-likeness (QED) is 0.783. The van der Waals surface area contributed by atoms with Crippen LogP contribution in [0, 0.1) is 0 Å². The van der Waals surface area contributed by atoms with E-state index in [0.717, 1.165) is 5.56 Å². The van der Waals surface area contributed by atoms with Gasteiger partial charge in [-0.15, -0.1) is 0 Å². The lowest BCUT2D eigenvalue weighted by atomic mass is 10.1. The first-order chi connectivity index (χ1) is 8.50. The summed E-state index contributed by atoms with van der Waals surface area (Å²) in [5.74, 6) is 0.737. The summed E-state index contributed by atoms with van der Waals surface area (Å²) < 4.78 is 10.5. The molecule has 0 aliphatic heterocycles. The Morgan fingerprint density at radius 3 is 2.67 bits per heavy atom. The van der Waals surface area contributed by atoms with Crippen LogP contribution in [0.3, 0.4) is 0 Å². The molecule has 0 heterocycles. The van der Waals surface area contributed by atoms with Gasteiger partial charge in [-0.1, -0.05) is 12.1 Å². The van der Waals surface area contributed by atoms with Gasteiger partial charge in [0.1, 0.15) is 0 Å². The van der Waals surface area contributed by atoms with Crippen LogP contribution in [-0.4, -0.2) is 31.0 Å². The minimum Gasteiger partial charge on any atom is -0.504 e. The average molecular weight is 253 g/mol. The van der Waals surface area contributed by atoms with E-state index in [4.69, 9.17) is 9.47 Å². The fourth-order valence-electron chi connectivity index (χ4n) is 1.73. The van der Waals surface area contributed by atoms with Crippen LogP contribution in [0.5, 0.6) is 11.5 Å². The number of benzene rings is 1. The normalized spacial score (nSPS) is 11.6. The second-order valence-corrected chi connectivity index (χ2v) is 4.87. The molecule has 0 atom stereocenters. The maximum atomic E-state index is 10.1. The SMILES string of the molecule is CCOc1cccc(CNC(C)(C)COC)c1O. The second-order valence-electron chi connectivity index (χ2n) is 4.87. The Balaban J connectivity index is 2.70. The van der Waals surface area contributed by atoms with Crippen LogP contribution in [0.1, 0.15) is 26.3 Å². The van der Waals surface area contributed by atoms with Gasteiger partial charge in [0.2, 0.25) is 0 Å². The van der Waals surface area contributed by atoms with E-state index in [2.05, 4.69) is 19.2 Å². The molecule has 0 aliphatic rings. The predicted molar refractivity (Wildman–Crippen MR) is 72.1 cm³/mol. The lowest BCUT2D eigenvalue weighted by molar-refractivity contribution is 0.127. The zero-order valence-electron chi connectivity index (χ0n) is 11.6. The van der Waals surface area contributed by atoms with Gasteiger partial charge in [0.05, 0.1) is 13.2 Å². The Kier molecular flexibility index (Phi) is 5.44. The Labute approximate surface area is 109 Å². The number of aromatic hydroxyl groups is 1. The molecule has 0 unspecified atom stereocenters. The first-order valence-corrected chi connectivity index (χ1v) is 6.18. The van der Waals surface area contributed by atoms with Gasteiger partial charge in [0.25, 0.3) is 0 Å². The molecule has 1 aromatic rings. The summed E-state index contributed by atoms with van der Waals surface area (Å²) in [6.45, 7) is 7.73. The standard InChI is InChI=1S/C14H23NO3/c1-5-18-12-8-6-7-11(13(12)16)9-15-14(2,3)10-17-4/h6-8,15-16H,5,9-10H2,1-4H3. The topological polar surface area (TPSA) is 50.7 Å². The van der Waals surface area contributed by atoms with Gasteiger partial charge < -0.3 is 19.9 Å². The van der Waals surface area contributed by atoms with Crippen molar-refractivity contribution in [1.82, 2.24) is 5.32 Å². The van der Waals surface area contributed by atoms with Gasteiger partial charge >= 0.3 is 0 Å². The third kappa shape index (κ3) is 4.20. The molecule has 0 radical (unpaired) electrons. The zero-order valence-corrected chi connectivity index (χ0v) is 11.6. The van der Waals surface area contributed by atoms with Crippen LogP contribution in [0.15, 0.2) is 18.2 Å². The van der Waals surface area contributed by atoms with Crippen molar-refractivity contribution in [3.8, 4) is 11.5 Å². The number of nitrogens with one attached hydrogen (secondary N) is 1. The van der Waals surface area contributed by atoms with Crippen LogP contribution in [0.2, 0.25) is 0 Å². The highest BCUT2D eigenvalue weighted by Crippen LogP contribution is 2.29. The van der Waals surface area contributed by atoms with Crippen LogP contribution >= 0.6 is 0 Å². The van der Waals surface area contributed by atoms with E-state index < -0.39 is 0 Å². The molecule has 0 saturated heterocycles. The molecule has 4 nitrogen and oxygen atoms in total. The van der Waals surface area contributed by atoms with E-state index in [9.17, 15) is 5.11 Å². The van der Waals surface area contributed by atoms with Gasteiger partial charge in [0, 0.05) is 24.8 Å². The number of phenols is 1. The molecule has 0 aliphatic carbocycles. The van der Waals surface area contributed by atoms with Crippen molar-refractivity contribution < 1.29 is 14.6 Å². The number of hydrogen-bond donors (Lipinski definition) is 2. The lowest BCUT2D eigenvalue weighted by Crippen LogP contribution is -2.42. The molecule has 0 bridgehead atoms. The smallest absolute Gasteiger partial charge is 0.162 e. The molecular formula is C14H23NO3. The first-order valence-electron chi connectivity index (χ1n) is 6.18. The Hall–Kier alpha value is -1.26. The second kappa shape index (κ2) is 6.61. The summed E-state index contributed by atoms with van der Waals surface area (Å²) in [5, 5.41) is 13.4. The van der Waals surface area contributed by atoms with E-state index >= 15 is 0 Å². The summed E-state index contributed by atoms with van der Waals surface area (Å²) in [4.78, 5) is 0. The summed E-state index contributed by atoms with van der Waals surface area (Å²) in [5.41, 5.74) is 0.688. The van der Waals surface area contributed by atoms with E-state index in [1.54, 1.807) is 13.2 Å². The van der Waals surface area contributed by atoms with Crippen LogP contribution in [-0.2, 0) is 11.3 Å². The molecule has 0 amide bonds. The minimum atomic E-state index is -0.136. The summed E-state index contributed by atoms with van der Waals surface area (Å²) in [6, 6.07) is 5.53. The predicted octanol–water partition coefficient (Wildman–Crippen LogP) is 2.31. The molecule has 4 heteroatoms. The van der Waals surface area contributed by atoms with Gasteiger partial charge in [-0.05, 0) is 26.8 Å². The third-order valence-electron chi connectivity index (χ3n) is 2.64. The maximum Gasteiger partial charge on any atom is 0.162 e. The first kappa shape index (κ1) is 14.8. The zero-order chi connectivity index (χ0) is 13.6. The van der Waals surface area contributed by atoms with Gasteiger partial charge in [-0.2, -0.15) is 0 Å². The Bertz CT molecular complexity index is 377. The summed E-state index contributed by atoms with van der Waals surface area (Å²) in [7, 11) is 1.68. The van der Waals surface area contributed by atoms with E-state index in [1.165, 1.54) is 0 Å². The minimum absolute atomic E-state index is 0.136. The van der Waals surface area contributed by atoms with Crippen molar-refractivity contribution in [1.29, 1.82) is 0 Å². The molecule has 18 heavy (non-hydrogen) atoms. The number of methoxy groups -OCH3 is 1. The molecule has 102 valence electrons. The van der Waals surface area contributed by atoms with Gasteiger partial charge in [0.15, 0.2) is 11.5 Å². The van der Waals surface area contributed by atoms with Crippen LogP contribution < -0.4 is 10.1 Å². The molecule has 0 saturated carbocycles. The molecular weight excluding hydrogens is 230 g/mol. The van der Waals surface area contributed by atoms with Crippen molar-refractivity contribution >= 4 is 0 Å². The highest BCUT2D eigenvalue weighted by molar-refractivity contribution is 5.45. The van der Waals surface area contributed by atoms with Crippen LogP contribution in [0.25, 0.3) is 0 Å². The Morgan fingerprint density at radius 2 is 2.06 bits per heavy atom.